The first-order valence-corrected chi connectivity index (χ1v) is 7.00. The van der Waals surface area contributed by atoms with Crippen LogP contribution >= 0.6 is 23.2 Å². The summed E-state index contributed by atoms with van der Waals surface area (Å²) in [6.45, 7) is 1.10. The van der Waals surface area contributed by atoms with Crippen LogP contribution in [0, 0.1) is 0 Å². The first-order chi connectivity index (χ1) is 9.88. The van der Waals surface area contributed by atoms with Gasteiger partial charge in [0.25, 0.3) is 5.91 Å². The lowest BCUT2D eigenvalue weighted by Gasteiger charge is -2.10. The van der Waals surface area contributed by atoms with Gasteiger partial charge in [-0.1, -0.05) is 23.2 Å². The maximum absolute atomic E-state index is 12.0. The van der Waals surface area contributed by atoms with Gasteiger partial charge in [0.1, 0.15) is 5.56 Å². The molecule has 7 heteroatoms. The quantitative estimate of drug-likeness (QED) is 0.875. The van der Waals surface area contributed by atoms with Gasteiger partial charge in [0.15, 0.2) is 5.58 Å². The van der Waals surface area contributed by atoms with Crippen LogP contribution in [-0.2, 0) is 0 Å². The Kier molecular flexibility index (Phi) is 4.88. The number of fused-ring (bicyclic) bond motifs is 1. The summed E-state index contributed by atoms with van der Waals surface area (Å²) in [6.07, 6.45) is 0. The van der Waals surface area contributed by atoms with Crippen molar-refractivity contribution in [1.82, 2.24) is 10.2 Å². The van der Waals surface area contributed by atoms with Crippen molar-refractivity contribution in [2.24, 2.45) is 0 Å². The summed E-state index contributed by atoms with van der Waals surface area (Å²) in [4.78, 5) is 25.8. The molecular formula is C14H14Cl2N2O3. The Hall–Kier alpha value is -1.56. The SMILES string of the molecule is CN(C)CCNC(=O)c1cc2cc(Cl)cc(Cl)c2oc1=O. The topological polar surface area (TPSA) is 62.6 Å². The maximum atomic E-state index is 12.0. The van der Waals surface area contributed by atoms with Crippen molar-refractivity contribution in [1.29, 1.82) is 0 Å². The summed E-state index contributed by atoms with van der Waals surface area (Å²) in [5.74, 6) is -0.483. The lowest BCUT2D eigenvalue weighted by molar-refractivity contribution is 0.0947. The average molecular weight is 329 g/mol. The molecule has 0 atom stereocenters. The number of likely N-dealkylation sites (N-methyl/N-ethyl adjacent to an activating group) is 1. The maximum Gasteiger partial charge on any atom is 0.349 e. The second-order valence-electron chi connectivity index (χ2n) is 4.81. The normalized spacial score (nSPS) is 11.1. The smallest absolute Gasteiger partial charge is 0.349 e. The molecule has 1 N–H and O–H groups in total. The van der Waals surface area contributed by atoms with Crippen molar-refractivity contribution in [2.75, 3.05) is 27.2 Å². The van der Waals surface area contributed by atoms with Crippen LogP contribution in [0.15, 0.2) is 27.4 Å². The average Bonchev–Trinajstić information content (AvgIpc) is 2.38. The third kappa shape index (κ3) is 3.75. The van der Waals surface area contributed by atoms with Crippen LogP contribution in [0.4, 0.5) is 0 Å². The largest absolute Gasteiger partial charge is 0.421 e. The highest BCUT2D eigenvalue weighted by Gasteiger charge is 2.15. The Bertz CT molecular complexity index is 741. The molecule has 1 aromatic carbocycles. The van der Waals surface area contributed by atoms with Crippen molar-refractivity contribution < 1.29 is 9.21 Å². The Labute approximate surface area is 131 Å². The lowest BCUT2D eigenvalue weighted by atomic mass is 10.2. The van der Waals surface area contributed by atoms with E-state index in [1.54, 1.807) is 6.07 Å². The molecule has 0 spiro atoms. The van der Waals surface area contributed by atoms with Gasteiger partial charge in [-0.25, -0.2) is 4.79 Å². The molecule has 1 aromatic heterocycles. The Morgan fingerprint density at radius 1 is 1.29 bits per heavy atom. The van der Waals surface area contributed by atoms with E-state index in [0.29, 0.717) is 23.5 Å². The van der Waals surface area contributed by atoms with Crippen LogP contribution < -0.4 is 10.9 Å². The molecule has 0 fully saturated rings. The van der Waals surface area contributed by atoms with Crippen LogP contribution in [0.1, 0.15) is 10.4 Å². The fourth-order valence-electron chi connectivity index (χ4n) is 1.80. The van der Waals surface area contributed by atoms with Gasteiger partial charge in [-0.15, -0.1) is 0 Å². The number of hydrogen-bond donors (Lipinski definition) is 1. The van der Waals surface area contributed by atoms with Gasteiger partial charge in [-0.3, -0.25) is 4.79 Å². The molecule has 0 aliphatic heterocycles. The first kappa shape index (κ1) is 15.8. The molecule has 112 valence electrons. The van der Waals surface area contributed by atoms with Gasteiger partial charge in [-0.2, -0.15) is 0 Å². The van der Waals surface area contributed by atoms with E-state index in [1.165, 1.54) is 12.1 Å². The lowest BCUT2D eigenvalue weighted by Crippen LogP contribution is -2.33. The van der Waals surface area contributed by atoms with E-state index in [4.69, 9.17) is 27.6 Å². The molecule has 2 rings (SSSR count). The van der Waals surface area contributed by atoms with Crippen LogP contribution in [0.2, 0.25) is 10.0 Å². The van der Waals surface area contributed by atoms with E-state index >= 15 is 0 Å². The minimum absolute atomic E-state index is 0.0698. The van der Waals surface area contributed by atoms with Crippen molar-refractivity contribution in [2.45, 2.75) is 0 Å². The van der Waals surface area contributed by atoms with Gasteiger partial charge in [0.2, 0.25) is 0 Å². The zero-order chi connectivity index (χ0) is 15.6. The molecule has 21 heavy (non-hydrogen) atoms. The number of nitrogens with one attached hydrogen (secondary N) is 1. The zero-order valence-electron chi connectivity index (χ0n) is 11.6. The summed E-state index contributed by atoms with van der Waals surface area (Å²) in [5, 5.41) is 3.80. The summed E-state index contributed by atoms with van der Waals surface area (Å²) in [5.41, 5.74) is -0.579. The number of halogens is 2. The molecule has 0 bridgehead atoms. The van der Waals surface area contributed by atoms with E-state index in [9.17, 15) is 9.59 Å². The van der Waals surface area contributed by atoms with Crippen LogP contribution in [0.25, 0.3) is 11.0 Å². The molecule has 2 aromatic rings. The van der Waals surface area contributed by atoms with Crippen molar-refractivity contribution in [3.05, 3.63) is 44.2 Å². The molecule has 0 saturated carbocycles. The molecule has 1 heterocycles. The fraction of sp³-hybridized carbons (Fsp3) is 0.286. The Morgan fingerprint density at radius 3 is 2.67 bits per heavy atom. The molecule has 5 nitrogen and oxygen atoms in total. The number of rotatable bonds is 4. The molecule has 0 aliphatic rings. The highest BCUT2D eigenvalue weighted by Crippen LogP contribution is 2.27. The summed E-state index contributed by atoms with van der Waals surface area (Å²) in [7, 11) is 3.78. The van der Waals surface area contributed by atoms with Crippen LogP contribution in [-0.4, -0.2) is 38.0 Å². The van der Waals surface area contributed by atoms with E-state index in [1.807, 2.05) is 19.0 Å². The number of carbonyl (C=O) groups excluding carboxylic acids is 1. The van der Waals surface area contributed by atoms with E-state index < -0.39 is 11.5 Å². The molecule has 0 aliphatic carbocycles. The van der Waals surface area contributed by atoms with Gasteiger partial charge in [0.05, 0.1) is 5.02 Å². The van der Waals surface area contributed by atoms with E-state index in [0.717, 1.165) is 0 Å². The second-order valence-corrected chi connectivity index (χ2v) is 5.66. The number of hydrogen-bond acceptors (Lipinski definition) is 4. The predicted octanol–water partition coefficient (Wildman–Crippen LogP) is 2.39. The molecular weight excluding hydrogens is 315 g/mol. The molecule has 0 radical (unpaired) electrons. The zero-order valence-corrected chi connectivity index (χ0v) is 13.1. The molecule has 0 saturated heterocycles. The fourth-order valence-corrected chi connectivity index (χ4v) is 2.35. The third-order valence-corrected chi connectivity index (χ3v) is 3.34. The van der Waals surface area contributed by atoms with Crippen molar-refractivity contribution in [3.63, 3.8) is 0 Å². The van der Waals surface area contributed by atoms with Gasteiger partial charge in [0, 0.05) is 23.5 Å². The third-order valence-electron chi connectivity index (χ3n) is 2.84. The van der Waals surface area contributed by atoms with Crippen LogP contribution in [0.3, 0.4) is 0 Å². The van der Waals surface area contributed by atoms with Gasteiger partial charge >= 0.3 is 5.63 Å². The Morgan fingerprint density at radius 2 is 2.00 bits per heavy atom. The number of nitrogens with zero attached hydrogens (tertiary/aromatic N) is 1. The molecule has 0 unspecified atom stereocenters. The highest BCUT2D eigenvalue weighted by atomic mass is 35.5. The van der Waals surface area contributed by atoms with Crippen molar-refractivity contribution in [3.8, 4) is 0 Å². The van der Waals surface area contributed by atoms with Crippen molar-refractivity contribution >= 4 is 40.1 Å². The minimum Gasteiger partial charge on any atom is -0.421 e. The second kappa shape index (κ2) is 6.47. The number of benzene rings is 1. The van der Waals surface area contributed by atoms with Crippen LogP contribution in [0.5, 0.6) is 0 Å². The van der Waals surface area contributed by atoms with E-state index in [-0.39, 0.29) is 16.2 Å². The molecule has 1 amide bonds. The number of amides is 1. The summed E-state index contributed by atoms with van der Waals surface area (Å²) < 4.78 is 5.11. The predicted molar refractivity (Wildman–Crippen MR) is 83.4 cm³/mol. The van der Waals surface area contributed by atoms with Gasteiger partial charge in [-0.05, 0) is 32.3 Å². The summed E-state index contributed by atoms with van der Waals surface area (Å²) >= 11 is 11.9. The summed E-state index contributed by atoms with van der Waals surface area (Å²) in [6, 6.07) is 4.50. The number of carbonyl (C=O) groups is 1. The first-order valence-electron chi connectivity index (χ1n) is 6.24. The van der Waals surface area contributed by atoms with Gasteiger partial charge < -0.3 is 14.6 Å². The standard InChI is InChI=1S/C14H14Cl2N2O3/c1-18(2)4-3-17-13(19)10-6-8-5-9(15)7-11(16)12(8)21-14(10)20/h5-7H,3-4H2,1-2H3,(H,17,19). The minimum atomic E-state index is -0.728. The van der Waals surface area contributed by atoms with E-state index in [2.05, 4.69) is 5.32 Å². The highest BCUT2D eigenvalue weighted by molar-refractivity contribution is 6.38. The monoisotopic (exact) mass is 328 g/mol. The Balaban J connectivity index is 2.34.